The van der Waals surface area contributed by atoms with Crippen LogP contribution in [0.1, 0.15) is 19.0 Å². The average molecular weight is 260 g/mol. The second kappa shape index (κ2) is 6.48. The molecule has 0 aliphatic carbocycles. The second-order valence-corrected chi connectivity index (χ2v) is 3.84. The summed E-state index contributed by atoms with van der Waals surface area (Å²) in [7, 11) is 0. The van der Waals surface area contributed by atoms with Gasteiger partial charge in [-0.2, -0.15) is 4.98 Å². The summed E-state index contributed by atoms with van der Waals surface area (Å²) in [5.41, 5.74) is 7.20. The van der Waals surface area contributed by atoms with Crippen LogP contribution >= 0.6 is 0 Å². The molecule has 2 heterocycles. The van der Waals surface area contributed by atoms with Gasteiger partial charge in [0.15, 0.2) is 5.82 Å². The lowest BCUT2D eigenvalue weighted by Gasteiger charge is -2.11. The van der Waals surface area contributed by atoms with Gasteiger partial charge in [0, 0.05) is 6.20 Å². The molecule has 7 nitrogen and oxygen atoms in total. The van der Waals surface area contributed by atoms with Gasteiger partial charge in [0.25, 0.3) is 0 Å². The molecule has 100 valence electrons. The second-order valence-electron chi connectivity index (χ2n) is 3.84. The number of rotatable bonds is 6. The molecule has 0 bridgehead atoms. The molecule has 0 saturated carbocycles. The topological polar surface area (TPSA) is 98.8 Å². The van der Waals surface area contributed by atoms with E-state index >= 15 is 0 Å². The minimum Gasteiger partial charge on any atom is -0.476 e. The summed E-state index contributed by atoms with van der Waals surface area (Å²) in [6.45, 7) is 3.11. The van der Waals surface area contributed by atoms with Crippen molar-refractivity contribution in [1.29, 1.82) is 0 Å². The molecule has 2 aromatic rings. The summed E-state index contributed by atoms with van der Waals surface area (Å²) in [4.78, 5) is 16.1. The van der Waals surface area contributed by atoms with Gasteiger partial charge in [0.2, 0.25) is 5.88 Å². The van der Waals surface area contributed by atoms with E-state index in [0.29, 0.717) is 30.5 Å². The van der Waals surface area contributed by atoms with E-state index in [2.05, 4.69) is 25.3 Å². The van der Waals surface area contributed by atoms with Crippen molar-refractivity contribution in [2.45, 2.75) is 19.9 Å². The maximum absolute atomic E-state index is 5.94. The molecule has 0 aromatic carbocycles. The summed E-state index contributed by atoms with van der Waals surface area (Å²) < 4.78 is 5.44. The first-order valence-corrected chi connectivity index (χ1v) is 6.03. The van der Waals surface area contributed by atoms with E-state index in [-0.39, 0.29) is 0 Å². The fourth-order valence-corrected chi connectivity index (χ4v) is 1.43. The molecule has 0 aliphatic heterocycles. The van der Waals surface area contributed by atoms with Crippen LogP contribution < -0.4 is 15.8 Å². The fourth-order valence-electron chi connectivity index (χ4n) is 1.43. The Bertz CT molecular complexity index is 519. The molecular weight excluding hydrogens is 244 g/mol. The Morgan fingerprint density at radius 2 is 2.16 bits per heavy atom. The SMILES string of the molecule is CCCOc1ncnc(NCc2ccncn2)c1N. The summed E-state index contributed by atoms with van der Waals surface area (Å²) in [5, 5.41) is 3.10. The molecule has 2 rings (SSSR count). The number of nitrogens with zero attached hydrogens (tertiary/aromatic N) is 4. The van der Waals surface area contributed by atoms with Gasteiger partial charge in [-0.05, 0) is 12.5 Å². The largest absolute Gasteiger partial charge is 0.476 e. The number of nitrogens with one attached hydrogen (secondary N) is 1. The smallest absolute Gasteiger partial charge is 0.242 e. The molecular formula is C12H16N6O. The van der Waals surface area contributed by atoms with Crippen molar-refractivity contribution >= 4 is 11.5 Å². The zero-order valence-electron chi connectivity index (χ0n) is 10.7. The van der Waals surface area contributed by atoms with Crippen LogP contribution in [-0.4, -0.2) is 26.5 Å². The van der Waals surface area contributed by atoms with Crippen molar-refractivity contribution in [2.75, 3.05) is 17.7 Å². The molecule has 0 unspecified atom stereocenters. The number of nitrogens with two attached hydrogens (primary N) is 1. The molecule has 0 aliphatic rings. The third-order valence-corrected chi connectivity index (χ3v) is 2.37. The molecule has 7 heteroatoms. The van der Waals surface area contributed by atoms with Gasteiger partial charge < -0.3 is 15.8 Å². The van der Waals surface area contributed by atoms with Gasteiger partial charge in [0.05, 0.1) is 18.8 Å². The van der Waals surface area contributed by atoms with Crippen LogP contribution in [0, 0.1) is 0 Å². The summed E-state index contributed by atoms with van der Waals surface area (Å²) in [6, 6.07) is 1.82. The van der Waals surface area contributed by atoms with E-state index in [1.54, 1.807) is 6.20 Å². The standard InChI is InChI=1S/C12H16N6O/c1-2-5-19-12-10(13)11(17-8-18-12)15-6-9-3-4-14-7-16-9/h3-4,7-8H,2,5-6,13H2,1H3,(H,15,17,18). The van der Waals surface area contributed by atoms with E-state index in [0.717, 1.165) is 12.1 Å². The minimum absolute atomic E-state index is 0.405. The van der Waals surface area contributed by atoms with Gasteiger partial charge >= 0.3 is 0 Å². The lowest BCUT2D eigenvalue weighted by Crippen LogP contribution is -2.09. The van der Waals surface area contributed by atoms with E-state index in [9.17, 15) is 0 Å². The van der Waals surface area contributed by atoms with Crippen molar-refractivity contribution in [3.63, 3.8) is 0 Å². The Morgan fingerprint density at radius 3 is 2.89 bits per heavy atom. The lowest BCUT2D eigenvalue weighted by atomic mass is 10.4. The zero-order valence-corrected chi connectivity index (χ0v) is 10.7. The maximum atomic E-state index is 5.94. The van der Waals surface area contributed by atoms with Crippen LogP contribution in [-0.2, 0) is 6.54 Å². The van der Waals surface area contributed by atoms with Crippen molar-refractivity contribution in [3.8, 4) is 5.88 Å². The van der Waals surface area contributed by atoms with E-state index in [1.807, 2.05) is 13.0 Å². The van der Waals surface area contributed by atoms with Gasteiger partial charge in [-0.1, -0.05) is 6.92 Å². The van der Waals surface area contributed by atoms with Crippen LogP contribution in [0.25, 0.3) is 0 Å². The van der Waals surface area contributed by atoms with Gasteiger partial charge in [0.1, 0.15) is 18.3 Å². The van der Waals surface area contributed by atoms with Gasteiger partial charge in [-0.25, -0.2) is 15.0 Å². The molecule has 19 heavy (non-hydrogen) atoms. The fraction of sp³-hybridized carbons (Fsp3) is 0.333. The van der Waals surface area contributed by atoms with E-state index in [4.69, 9.17) is 10.5 Å². The van der Waals surface area contributed by atoms with Crippen LogP contribution in [0.5, 0.6) is 5.88 Å². The third-order valence-electron chi connectivity index (χ3n) is 2.37. The van der Waals surface area contributed by atoms with Crippen molar-refractivity contribution in [3.05, 3.63) is 30.6 Å². The summed E-state index contributed by atoms with van der Waals surface area (Å²) >= 11 is 0. The molecule has 0 fully saturated rings. The highest BCUT2D eigenvalue weighted by molar-refractivity contribution is 5.66. The molecule has 0 saturated heterocycles. The Morgan fingerprint density at radius 1 is 1.26 bits per heavy atom. The number of nitrogen functional groups attached to an aromatic ring is 1. The highest BCUT2D eigenvalue weighted by Crippen LogP contribution is 2.24. The first-order chi connectivity index (χ1) is 9.31. The number of anilines is 2. The zero-order chi connectivity index (χ0) is 13.5. The first-order valence-electron chi connectivity index (χ1n) is 6.03. The number of hydrogen-bond donors (Lipinski definition) is 2. The number of hydrogen-bond acceptors (Lipinski definition) is 7. The van der Waals surface area contributed by atoms with Crippen LogP contribution in [0.2, 0.25) is 0 Å². The quantitative estimate of drug-likeness (QED) is 0.806. The van der Waals surface area contributed by atoms with Gasteiger partial charge in [-0.3, -0.25) is 0 Å². The highest BCUT2D eigenvalue weighted by Gasteiger charge is 2.08. The molecule has 0 spiro atoms. The molecule has 2 aromatic heterocycles. The van der Waals surface area contributed by atoms with Crippen molar-refractivity contribution in [2.24, 2.45) is 0 Å². The molecule has 0 amide bonds. The maximum Gasteiger partial charge on any atom is 0.242 e. The van der Waals surface area contributed by atoms with Crippen molar-refractivity contribution in [1.82, 2.24) is 19.9 Å². The highest BCUT2D eigenvalue weighted by atomic mass is 16.5. The van der Waals surface area contributed by atoms with Crippen LogP contribution in [0.4, 0.5) is 11.5 Å². The molecule has 0 radical (unpaired) electrons. The summed E-state index contributed by atoms with van der Waals surface area (Å²) in [6.07, 6.45) is 5.50. The normalized spacial score (nSPS) is 10.2. The van der Waals surface area contributed by atoms with E-state index in [1.165, 1.54) is 12.7 Å². The third kappa shape index (κ3) is 3.51. The predicted octanol–water partition coefficient (Wildman–Crippen LogP) is 1.25. The Labute approximate surface area is 111 Å². The first kappa shape index (κ1) is 13.0. The Balaban J connectivity index is 2.04. The molecule has 3 N–H and O–H groups in total. The number of ether oxygens (including phenoxy) is 1. The summed E-state index contributed by atoms with van der Waals surface area (Å²) in [5.74, 6) is 0.946. The van der Waals surface area contributed by atoms with Crippen molar-refractivity contribution < 1.29 is 4.74 Å². The van der Waals surface area contributed by atoms with E-state index < -0.39 is 0 Å². The molecule has 0 atom stereocenters. The van der Waals surface area contributed by atoms with Gasteiger partial charge in [-0.15, -0.1) is 0 Å². The monoisotopic (exact) mass is 260 g/mol. The van der Waals surface area contributed by atoms with Crippen LogP contribution in [0.3, 0.4) is 0 Å². The predicted molar refractivity (Wildman–Crippen MR) is 71.6 cm³/mol. The minimum atomic E-state index is 0.405. The Hall–Kier alpha value is -2.44. The Kier molecular flexibility index (Phi) is 4.44. The number of aromatic nitrogens is 4. The van der Waals surface area contributed by atoms with Crippen LogP contribution in [0.15, 0.2) is 24.9 Å². The lowest BCUT2D eigenvalue weighted by molar-refractivity contribution is 0.306. The average Bonchev–Trinajstić information content (AvgIpc) is 2.46.